The van der Waals surface area contributed by atoms with Crippen molar-refractivity contribution in [1.29, 1.82) is 0 Å². The minimum atomic E-state index is -0.409. The molecule has 0 amide bonds. The zero-order valence-electron chi connectivity index (χ0n) is 10.2. The van der Waals surface area contributed by atoms with Crippen molar-refractivity contribution in [3.05, 3.63) is 16.0 Å². The molecule has 2 N–H and O–H groups in total. The lowest BCUT2D eigenvalue weighted by Gasteiger charge is -2.38. The summed E-state index contributed by atoms with van der Waals surface area (Å²) in [5.41, 5.74) is 5.68. The van der Waals surface area contributed by atoms with Gasteiger partial charge in [0.15, 0.2) is 0 Å². The van der Waals surface area contributed by atoms with Gasteiger partial charge in [-0.1, -0.05) is 20.8 Å². The van der Waals surface area contributed by atoms with E-state index in [0.717, 1.165) is 0 Å². The minimum absolute atomic E-state index is 0.0680. The van der Waals surface area contributed by atoms with Gasteiger partial charge in [0.05, 0.1) is 0 Å². The smallest absolute Gasteiger partial charge is 0.288 e. The Bertz CT molecular complexity index is 487. The Morgan fingerprint density at radius 1 is 1.38 bits per heavy atom. The van der Waals surface area contributed by atoms with Gasteiger partial charge in [0.25, 0.3) is 5.56 Å². The van der Waals surface area contributed by atoms with Gasteiger partial charge in [0, 0.05) is 5.41 Å². The second kappa shape index (κ2) is 3.04. The van der Waals surface area contributed by atoms with E-state index in [1.54, 1.807) is 11.6 Å². The highest BCUT2D eigenvalue weighted by Gasteiger charge is 2.45. The second-order valence-corrected chi connectivity index (χ2v) is 5.31. The van der Waals surface area contributed by atoms with Crippen LogP contribution in [0.5, 0.6) is 0 Å². The molecule has 1 aromatic heterocycles. The maximum atomic E-state index is 11.4. The van der Waals surface area contributed by atoms with Crippen LogP contribution in [0.25, 0.3) is 0 Å². The van der Waals surface area contributed by atoms with Crippen LogP contribution in [0.3, 0.4) is 0 Å². The number of nitrogens with one attached hydrogen (secondary N) is 2. The van der Waals surface area contributed by atoms with Gasteiger partial charge in [-0.25, -0.2) is 10.1 Å². The Balaban J connectivity index is 2.64. The van der Waals surface area contributed by atoms with Crippen molar-refractivity contribution in [2.24, 2.45) is 5.41 Å². The van der Waals surface area contributed by atoms with Gasteiger partial charge in [-0.05, 0) is 13.8 Å². The zero-order valence-corrected chi connectivity index (χ0v) is 10.2. The van der Waals surface area contributed by atoms with Gasteiger partial charge >= 0.3 is 0 Å². The van der Waals surface area contributed by atoms with Crippen LogP contribution in [0.1, 0.15) is 33.4 Å². The molecule has 1 aromatic rings. The van der Waals surface area contributed by atoms with Crippen molar-refractivity contribution in [2.75, 3.05) is 5.43 Å². The fraction of sp³-hybridized carbons (Fsp3) is 0.700. The van der Waals surface area contributed by atoms with Crippen molar-refractivity contribution in [3.8, 4) is 0 Å². The molecule has 0 saturated carbocycles. The standard InChI is InChI=1S/C10H17N5O/c1-6-7(16)11-8-12-14-10(5,9(2,3)4)15(8)13-6/h14H,1-5H3,(H,11,12,16)/t10-/m0/s1. The Hall–Kier alpha value is -1.43. The fourth-order valence-corrected chi connectivity index (χ4v) is 1.59. The lowest BCUT2D eigenvalue weighted by Crippen LogP contribution is -2.51. The SMILES string of the molecule is Cc1nn2c(nc1=O)NN[C@]2(C)C(C)(C)C. The largest absolute Gasteiger partial charge is 0.296 e. The van der Waals surface area contributed by atoms with E-state index in [0.29, 0.717) is 11.6 Å². The first-order chi connectivity index (χ1) is 7.25. The average molecular weight is 223 g/mol. The third kappa shape index (κ3) is 1.33. The highest BCUT2D eigenvalue weighted by atomic mass is 16.1. The average Bonchev–Trinajstić information content (AvgIpc) is 2.46. The number of fused-ring (bicyclic) bond motifs is 1. The number of anilines is 1. The number of aryl methyl sites for hydroxylation is 1. The quantitative estimate of drug-likeness (QED) is 0.673. The summed E-state index contributed by atoms with van der Waals surface area (Å²) in [5.74, 6) is 0.466. The number of hydrogen-bond acceptors (Lipinski definition) is 5. The molecular formula is C10H17N5O. The van der Waals surface area contributed by atoms with Crippen molar-refractivity contribution >= 4 is 5.95 Å². The molecule has 0 radical (unpaired) electrons. The van der Waals surface area contributed by atoms with Gasteiger partial charge in [-0.2, -0.15) is 10.1 Å². The molecule has 88 valence electrons. The van der Waals surface area contributed by atoms with E-state index in [9.17, 15) is 4.79 Å². The molecular weight excluding hydrogens is 206 g/mol. The summed E-state index contributed by atoms with van der Waals surface area (Å²) in [6.45, 7) is 10.0. The zero-order chi connectivity index (χ0) is 12.1. The van der Waals surface area contributed by atoms with Gasteiger partial charge in [-0.3, -0.25) is 10.2 Å². The van der Waals surface area contributed by atoms with E-state index in [-0.39, 0.29) is 11.0 Å². The molecule has 0 aliphatic carbocycles. The van der Waals surface area contributed by atoms with Crippen molar-refractivity contribution in [2.45, 2.75) is 40.3 Å². The van der Waals surface area contributed by atoms with Crippen molar-refractivity contribution in [1.82, 2.24) is 20.2 Å². The maximum Gasteiger partial charge on any atom is 0.296 e. The second-order valence-electron chi connectivity index (χ2n) is 5.31. The summed E-state index contributed by atoms with van der Waals surface area (Å²) in [4.78, 5) is 15.3. The highest BCUT2D eigenvalue weighted by molar-refractivity contribution is 5.29. The number of nitrogens with zero attached hydrogens (tertiary/aromatic N) is 3. The topological polar surface area (TPSA) is 71.8 Å². The summed E-state index contributed by atoms with van der Waals surface area (Å²) >= 11 is 0. The van der Waals surface area contributed by atoms with Crippen LogP contribution in [-0.4, -0.2) is 14.8 Å². The van der Waals surface area contributed by atoms with E-state index in [2.05, 4.69) is 41.7 Å². The molecule has 2 rings (SSSR count). The van der Waals surface area contributed by atoms with Crippen LogP contribution >= 0.6 is 0 Å². The molecule has 0 saturated heterocycles. The summed E-state index contributed by atoms with van der Waals surface area (Å²) < 4.78 is 1.74. The molecule has 1 aliphatic heterocycles. The van der Waals surface area contributed by atoms with Gasteiger partial charge < -0.3 is 0 Å². The molecule has 1 aliphatic rings. The van der Waals surface area contributed by atoms with Crippen LogP contribution in [0, 0.1) is 12.3 Å². The Morgan fingerprint density at radius 2 is 2.00 bits per heavy atom. The van der Waals surface area contributed by atoms with E-state index in [1.807, 2.05) is 6.92 Å². The van der Waals surface area contributed by atoms with Crippen LogP contribution in [0.4, 0.5) is 5.95 Å². The van der Waals surface area contributed by atoms with Gasteiger partial charge in [0.1, 0.15) is 11.4 Å². The highest BCUT2D eigenvalue weighted by Crippen LogP contribution is 2.37. The molecule has 6 heteroatoms. The monoisotopic (exact) mass is 223 g/mol. The first kappa shape index (κ1) is 11.1. The third-order valence-corrected chi connectivity index (χ3v) is 3.27. The molecule has 16 heavy (non-hydrogen) atoms. The Labute approximate surface area is 94.0 Å². The van der Waals surface area contributed by atoms with E-state index < -0.39 is 5.66 Å². The van der Waals surface area contributed by atoms with Gasteiger partial charge in [-0.15, -0.1) is 0 Å². The first-order valence-electron chi connectivity index (χ1n) is 5.27. The minimum Gasteiger partial charge on any atom is -0.288 e. The lowest BCUT2D eigenvalue weighted by atomic mass is 9.82. The van der Waals surface area contributed by atoms with E-state index in [1.165, 1.54) is 0 Å². The normalized spacial score (nSPS) is 24.1. The maximum absolute atomic E-state index is 11.4. The molecule has 6 nitrogen and oxygen atoms in total. The van der Waals surface area contributed by atoms with Crippen LogP contribution in [0.2, 0.25) is 0 Å². The van der Waals surface area contributed by atoms with E-state index >= 15 is 0 Å². The number of hydrazine groups is 1. The predicted octanol–water partition coefficient (Wildman–Crippen LogP) is 0.596. The molecule has 2 heterocycles. The van der Waals surface area contributed by atoms with Crippen LogP contribution in [0.15, 0.2) is 4.79 Å². The third-order valence-electron chi connectivity index (χ3n) is 3.27. The Morgan fingerprint density at radius 3 is 2.56 bits per heavy atom. The summed E-state index contributed by atoms with van der Waals surface area (Å²) in [5, 5.41) is 4.29. The van der Waals surface area contributed by atoms with Crippen molar-refractivity contribution in [3.63, 3.8) is 0 Å². The van der Waals surface area contributed by atoms with Crippen LogP contribution < -0.4 is 16.4 Å². The number of rotatable bonds is 0. The number of aromatic nitrogens is 3. The first-order valence-corrected chi connectivity index (χ1v) is 5.27. The molecule has 0 fully saturated rings. The molecule has 0 bridgehead atoms. The van der Waals surface area contributed by atoms with Crippen molar-refractivity contribution < 1.29 is 0 Å². The lowest BCUT2D eigenvalue weighted by molar-refractivity contribution is 0.0885. The molecule has 0 aromatic carbocycles. The summed E-state index contributed by atoms with van der Waals surface area (Å²) in [6.07, 6.45) is 0. The van der Waals surface area contributed by atoms with Crippen LogP contribution in [-0.2, 0) is 5.66 Å². The van der Waals surface area contributed by atoms with E-state index in [4.69, 9.17) is 0 Å². The fourth-order valence-electron chi connectivity index (χ4n) is 1.59. The summed E-state index contributed by atoms with van der Waals surface area (Å²) in [7, 11) is 0. The van der Waals surface area contributed by atoms with Gasteiger partial charge in [0.2, 0.25) is 5.95 Å². The molecule has 1 atom stereocenters. The Kier molecular flexibility index (Phi) is 2.10. The number of hydrogen-bond donors (Lipinski definition) is 2. The molecule has 0 unspecified atom stereocenters. The predicted molar refractivity (Wildman–Crippen MR) is 60.9 cm³/mol. The molecule has 0 spiro atoms. The summed E-state index contributed by atoms with van der Waals surface area (Å²) in [6, 6.07) is 0.